The van der Waals surface area contributed by atoms with Crippen LogP contribution in [0.25, 0.3) is 33.0 Å². The predicted octanol–water partition coefficient (Wildman–Crippen LogP) is 4.85. The van der Waals surface area contributed by atoms with Crippen LogP contribution >= 0.6 is 11.6 Å². The molecule has 162 valence electrons. The molecule has 8 heteroatoms. The SMILES string of the molecule is O=C(NOC1CCCCO1)c1cnc2cc(-c3coc4ccccc4c3=O)ccc2c1Cl. The maximum atomic E-state index is 12.9. The van der Waals surface area contributed by atoms with Crippen molar-refractivity contribution in [3.8, 4) is 11.1 Å². The third kappa shape index (κ3) is 3.86. The molecular weight excluding hydrogens is 432 g/mol. The molecule has 0 aliphatic carbocycles. The highest BCUT2D eigenvalue weighted by molar-refractivity contribution is 6.38. The van der Waals surface area contributed by atoms with Crippen LogP contribution in [0.1, 0.15) is 29.6 Å². The maximum absolute atomic E-state index is 12.9. The van der Waals surface area contributed by atoms with E-state index in [4.69, 9.17) is 25.6 Å². The minimum atomic E-state index is -0.502. The Bertz CT molecular complexity index is 1380. The van der Waals surface area contributed by atoms with Crippen molar-refractivity contribution in [3.63, 3.8) is 0 Å². The van der Waals surface area contributed by atoms with E-state index in [2.05, 4.69) is 10.5 Å². The number of nitrogens with zero attached hydrogens (tertiary/aromatic N) is 1. The van der Waals surface area contributed by atoms with Crippen molar-refractivity contribution < 1.29 is 18.8 Å². The lowest BCUT2D eigenvalue weighted by atomic mass is 10.0. The Balaban J connectivity index is 1.44. The average molecular weight is 451 g/mol. The lowest BCUT2D eigenvalue weighted by Crippen LogP contribution is -2.33. The topological polar surface area (TPSA) is 90.7 Å². The number of carbonyl (C=O) groups is 1. The molecule has 1 amide bonds. The molecule has 5 rings (SSSR count). The normalized spacial score (nSPS) is 16.3. The van der Waals surface area contributed by atoms with Crippen LogP contribution in [-0.4, -0.2) is 23.8 Å². The molecule has 3 heterocycles. The van der Waals surface area contributed by atoms with E-state index in [1.807, 2.05) is 6.07 Å². The van der Waals surface area contributed by atoms with Crippen molar-refractivity contribution >= 4 is 39.4 Å². The molecule has 1 saturated heterocycles. The molecule has 1 aliphatic rings. The van der Waals surface area contributed by atoms with Gasteiger partial charge >= 0.3 is 0 Å². The number of benzene rings is 2. The van der Waals surface area contributed by atoms with Gasteiger partial charge in [-0.1, -0.05) is 35.9 Å². The highest BCUT2D eigenvalue weighted by Crippen LogP contribution is 2.29. The van der Waals surface area contributed by atoms with E-state index >= 15 is 0 Å². The molecule has 1 N–H and O–H groups in total. The van der Waals surface area contributed by atoms with Crippen LogP contribution < -0.4 is 10.9 Å². The van der Waals surface area contributed by atoms with Gasteiger partial charge < -0.3 is 9.15 Å². The number of fused-ring (bicyclic) bond motifs is 2. The van der Waals surface area contributed by atoms with Crippen molar-refractivity contribution in [1.82, 2.24) is 10.5 Å². The van der Waals surface area contributed by atoms with Gasteiger partial charge in [0.15, 0.2) is 11.7 Å². The standard InChI is InChI=1S/C24H19ClN2O5/c25-22-15-9-8-14(18-13-31-20-6-2-1-5-16(20)23(18)28)11-19(15)26-12-17(22)24(29)27-32-21-7-3-4-10-30-21/h1-2,5-6,8-9,11-13,21H,3-4,7,10H2,(H,27,29). The number of pyridine rings is 1. The zero-order valence-electron chi connectivity index (χ0n) is 17.0. The molecule has 0 radical (unpaired) electrons. The van der Waals surface area contributed by atoms with E-state index in [0.29, 0.717) is 39.6 Å². The van der Waals surface area contributed by atoms with Gasteiger partial charge in [0.05, 0.1) is 27.1 Å². The zero-order chi connectivity index (χ0) is 22.1. The lowest BCUT2D eigenvalue weighted by Gasteiger charge is -2.22. The predicted molar refractivity (Wildman–Crippen MR) is 120 cm³/mol. The zero-order valence-corrected chi connectivity index (χ0v) is 17.7. The molecule has 1 fully saturated rings. The number of hydrogen-bond donors (Lipinski definition) is 1. The first kappa shape index (κ1) is 20.6. The molecule has 4 aromatic rings. The minimum absolute atomic E-state index is 0.129. The van der Waals surface area contributed by atoms with Gasteiger partial charge in [-0.3, -0.25) is 14.6 Å². The lowest BCUT2D eigenvalue weighted by molar-refractivity contribution is -0.186. The quantitative estimate of drug-likeness (QED) is 0.447. The summed E-state index contributed by atoms with van der Waals surface area (Å²) < 4.78 is 11.1. The molecule has 0 spiro atoms. The number of hydroxylamine groups is 1. The molecule has 0 saturated carbocycles. The van der Waals surface area contributed by atoms with Gasteiger partial charge in [0.25, 0.3) is 5.91 Å². The Kier molecular flexibility index (Phi) is 5.61. The monoisotopic (exact) mass is 450 g/mol. The number of hydrogen-bond acceptors (Lipinski definition) is 6. The fourth-order valence-corrected chi connectivity index (χ4v) is 4.04. The molecule has 2 aromatic carbocycles. The first-order valence-corrected chi connectivity index (χ1v) is 10.7. The Hall–Kier alpha value is -3.26. The number of aromatic nitrogens is 1. The van der Waals surface area contributed by atoms with Gasteiger partial charge in [-0.2, -0.15) is 0 Å². The summed E-state index contributed by atoms with van der Waals surface area (Å²) in [6.07, 6.45) is 5.05. The Labute approximate surface area is 187 Å². The number of ether oxygens (including phenoxy) is 1. The number of amides is 1. The van der Waals surface area contributed by atoms with Crippen LogP contribution in [0, 0.1) is 0 Å². The van der Waals surface area contributed by atoms with Crippen LogP contribution in [0.2, 0.25) is 5.02 Å². The Morgan fingerprint density at radius 2 is 2.03 bits per heavy atom. The number of para-hydroxylation sites is 1. The fraction of sp³-hybridized carbons (Fsp3) is 0.208. The van der Waals surface area contributed by atoms with E-state index in [9.17, 15) is 9.59 Å². The van der Waals surface area contributed by atoms with Crippen molar-refractivity contribution in [2.75, 3.05) is 6.61 Å². The molecule has 7 nitrogen and oxygen atoms in total. The molecule has 1 atom stereocenters. The smallest absolute Gasteiger partial charge is 0.278 e. The second kappa shape index (κ2) is 8.70. The van der Waals surface area contributed by atoms with Crippen molar-refractivity contribution in [2.45, 2.75) is 25.6 Å². The summed E-state index contributed by atoms with van der Waals surface area (Å²) in [7, 11) is 0. The Morgan fingerprint density at radius 1 is 1.16 bits per heavy atom. The third-order valence-electron chi connectivity index (χ3n) is 5.46. The van der Waals surface area contributed by atoms with E-state index in [1.165, 1.54) is 12.5 Å². The van der Waals surface area contributed by atoms with E-state index < -0.39 is 12.2 Å². The summed E-state index contributed by atoms with van der Waals surface area (Å²) in [6.45, 7) is 0.608. The molecule has 32 heavy (non-hydrogen) atoms. The minimum Gasteiger partial charge on any atom is -0.463 e. The van der Waals surface area contributed by atoms with Crippen molar-refractivity contribution in [1.29, 1.82) is 0 Å². The summed E-state index contributed by atoms with van der Waals surface area (Å²) in [6, 6.07) is 12.3. The summed E-state index contributed by atoms with van der Waals surface area (Å²) in [5.41, 5.74) is 4.60. The maximum Gasteiger partial charge on any atom is 0.278 e. The first-order valence-electron chi connectivity index (χ1n) is 10.3. The summed E-state index contributed by atoms with van der Waals surface area (Å²) >= 11 is 6.50. The van der Waals surface area contributed by atoms with Crippen molar-refractivity contribution in [2.24, 2.45) is 0 Å². The van der Waals surface area contributed by atoms with Crippen LogP contribution in [-0.2, 0) is 9.57 Å². The molecular formula is C24H19ClN2O5. The largest absolute Gasteiger partial charge is 0.463 e. The fourth-order valence-electron chi connectivity index (χ4n) is 3.74. The van der Waals surface area contributed by atoms with Crippen LogP contribution in [0.5, 0.6) is 0 Å². The van der Waals surface area contributed by atoms with Gasteiger partial charge in [0.2, 0.25) is 0 Å². The van der Waals surface area contributed by atoms with Gasteiger partial charge in [-0.15, -0.1) is 0 Å². The van der Waals surface area contributed by atoms with Gasteiger partial charge in [-0.25, -0.2) is 10.3 Å². The number of nitrogens with one attached hydrogen (secondary N) is 1. The summed E-state index contributed by atoms with van der Waals surface area (Å²) in [5, 5.41) is 1.34. The average Bonchev–Trinajstić information content (AvgIpc) is 2.83. The van der Waals surface area contributed by atoms with Gasteiger partial charge in [-0.05, 0) is 36.6 Å². The van der Waals surface area contributed by atoms with E-state index in [1.54, 1.807) is 36.4 Å². The van der Waals surface area contributed by atoms with Gasteiger partial charge in [0.1, 0.15) is 11.8 Å². The van der Waals surface area contributed by atoms with E-state index in [0.717, 1.165) is 19.3 Å². The van der Waals surface area contributed by atoms with E-state index in [-0.39, 0.29) is 16.0 Å². The van der Waals surface area contributed by atoms with Gasteiger partial charge in [0, 0.05) is 24.6 Å². The number of halogens is 1. The number of rotatable bonds is 4. The highest BCUT2D eigenvalue weighted by Gasteiger charge is 2.19. The highest BCUT2D eigenvalue weighted by atomic mass is 35.5. The van der Waals surface area contributed by atoms with Crippen LogP contribution in [0.3, 0.4) is 0 Å². The van der Waals surface area contributed by atoms with Crippen LogP contribution in [0.15, 0.2) is 64.1 Å². The molecule has 0 bridgehead atoms. The summed E-state index contributed by atoms with van der Waals surface area (Å²) in [4.78, 5) is 35.1. The first-order chi connectivity index (χ1) is 15.6. The molecule has 2 aromatic heterocycles. The van der Waals surface area contributed by atoms with Crippen molar-refractivity contribution in [3.05, 3.63) is 75.7 Å². The van der Waals surface area contributed by atoms with Crippen LogP contribution in [0.4, 0.5) is 0 Å². The molecule has 1 aliphatic heterocycles. The second-order valence-electron chi connectivity index (χ2n) is 7.54. The molecule has 1 unspecified atom stereocenters. The Morgan fingerprint density at radius 3 is 2.88 bits per heavy atom. The second-order valence-corrected chi connectivity index (χ2v) is 7.92. The third-order valence-corrected chi connectivity index (χ3v) is 5.87. The summed E-state index contributed by atoms with van der Waals surface area (Å²) in [5.74, 6) is -0.502. The number of carbonyl (C=O) groups excluding carboxylic acids is 1.